The lowest BCUT2D eigenvalue weighted by atomic mass is 10.1. The minimum absolute atomic E-state index is 0.00800. The van der Waals surface area contributed by atoms with Crippen molar-refractivity contribution in [1.82, 2.24) is 10.6 Å². The molecule has 0 aliphatic rings. The molecule has 26 heavy (non-hydrogen) atoms. The third-order valence-corrected chi connectivity index (χ3v) is 4.11. The molecular weight excluding hydrogens is 326 g/mol. The number of carbonyl (C=O) groups excluding carboxylic acids is 1. The minimum Gasteiger partial charge on any atom is -0.497 e. The van der Waals surface area contributed by atoms with E-state index in [4.69, 9.17) is 4.74 Å². The SMILES string of the molecule is COc1ccc(C(C)NC(=O)/C(C#N)=C\NC(C)c2ccccc2)cc1. The van der Waals surface area contributed by atoms with Gasteiger partial charge < -0.3 is 15.4 Å². The highest BCUT2D eigenvalue weighted by molar-refractivity contribution is 5.97. The van der Waals surface area contributed by atoms with Crippen LogP contribution < -0.4 is 15.4 Å². The Hall–Kier alpha value is -3.26. The summed E-state index contributed by atoms with van der Waals surface area (Å²) in [7, 11) is 1.60. The van der Waals surface area contributed by atoms with E-state index < -0.39 is 5.91 Å². The van der Waals surface area contributed by atoms with Crippen molar-refractivity contribution in [1.29, 1.82) is 5.26 Å². The van der Waals surface area contributed by atoms with Crippen LogP contribution in [0.3, 0.4) is 0 Å². The summed E-state index contributed by atoms with van der Waals surface area (Å²) < 4.78 is 5.13. The van der Waals surface area contributed by atoms with Gasteiger partial charge >= 0.3 is 0 Å². The zero-order chi connectivity index (χ0) is 18.9. The van der Waals surface area contributed by atoms with Crippen molar-refractivity contribution in [3.63, 3.8) is 0 Å². The van der Waals surface area contributed by atoms with Gasteiger partial charge in [-0.3, -0.25) is 4.79 Å². The number of carbonyl (C=O) groups is 1. The minimum atomic E-state index is -0.413. The summed E-state index contributed by atoms with van der Waals surface area (Å²) in [5.41, 5.74) is 2.04. The lowest BCUT2D eigenvalue weighted by Crippen LogP contribution is -2.28. The molecule has 0 saturated carbocycles. The first-order chi connectivity index (χ1) is 12.5. The number of nitrogens with zero attached hydrogens (tertiary/aromatic N) is 1. The molecule has 0 radical (unpaired) electrons. The average molecular weight is 349 g/mol. The molecule has 134 valence electrons. The summed E-state index contributed by atoms with van der Waals surface area (Å²) in [5, 5.41) is 15.2. The number of methoxy groups -OCH3 is 1. The van der Waals surface area contributed by atoms with Crippen LogP contribution in [0.15, 0.2) is 66.4 Å². The van der Waals surface area contributed by atoms with Crippen molar-refractivity contribution in [2.24, 2.45) is 0 Å². The Morgan fingerprint density at radius 2 is 1.65 bits per heavy atom. The van der Waals surface area contributed by atoms with E-state index >= 15 is 0 Å². The molecule has 2 aromatic rings. The first kappa shape index (κ1) is 19.1. The topological polar surface area (TPSA) is 74.1 Å². The first-order valence-electron chi connectivity index (χ1n) is 8.41. The summed E-state index contributed by atoms with van der Waals surface area (Å²) in [6.45, 7) is 3.84. The predicted octanol–water partition coefficient (Wildman–Crippen LogP) is 3.63. The molecule has 0 aliphatic carbocycles. The van der Waals surface area contributed by atoms with Crippen LogP contribution in [0.5, 0.6) is 5.75 Å². The maximum Gasteiger partial charge on any atom is 0.263 e. The number of nitriles is 1. The Balaban J connectivity index is 1.99. The maximum atomic E-state index is 12.4. The number of nitrogens with one attached hydrogen (secondary N) is 2. The quantitative estimate of drug-likeness (QED) is 0.591. The van der Waals surface area contributed by atoms with Crippen LogP contribution in [-0.4, -0.2) is 13.0 Å². The molecule has 5 nitrogen and oxygen atoms in total. The molecule has 0 aromatic heterocycles. The van der Waals surface area contributed by atoms with E-state index in [2.05, 4.69) is 10.6 Å². The predicted molar refractivity (Wildman–Crippen MR) is 101 cm³/mol. The van der Waals surface area contributed by atoms with Crippen LogP contribution in [0.4, 0.5) is 0 Å². The van der Waals surface area contributed by atoms with E-state index in [0.29, 0.717) is 0 Å². The summed E-state index contributed by atoms with van der Waals surface area (Å²) in [4.78, 5) is 12.4. The van der Waals surface area contributed by atoms with Crippen LogP contribution in [0.25, 0.3) is 0 Å². The van der Waals surface area contributed by atoms with Crippen LogP contribution in [-0.2, 0) is 4.79 Å². The fourth-order valence-corrected chi connectivity index (χ4v) is 2.45. The van der Waals surface area contributed by atoms with Crippen molar-refractivity contribution in [3.8, 4) is 11.8 Å². The van der Waals surface area contributed by atoms with E-state index in [1.165, 1.54) is 6.20 Å². The van der Waals surface area contributed by atoms with Gasteiger partial charge in [0.05, 0.1) is 13.2 Å². The molecule has 0 bridgehead atoms. The molecule has 0 heterocycles. The van der Waals surface area contributed by atoms with E-state index in [-0.39, 0.29) is 17.7 Å². The molecule has 2 rings (SSSR count). The van der Waals surface area contributed by atoms with Gasteiger partial charge in [-0.2, -0.15) is 5.26 Å². The fraction of sp³-hybridized carbons (Fsp3) is 0.238. The summed E-state index contributed by atoms with van der Waals surface area (Å²) in [6.07, 6.45) is 1.47. The molecule has 0 fully saturated rings. The molecule has 0 aliphatic heterocycles. The Labute approximate surface area is 154 Å². The van der Waals surface area contributed by atoms with E-state index in [0.717, 1.165) is 16.9 Å². The van der Waals surface area contributed by atoms with Crippen molar-refractivity contribution >= 4 is 5.91 Å². The standard InChI is InChI=1S/C21H23N3O2/c1-15(17-7-5-4-6-8-17)23-14-19(13-22)21(25)24-16(2)18-9-11-20(26-3)12-10-18/h4-12,14-16,23H,1-3H3,(H,24,25)/b19-14-. The first-order valence-corrected chi connectivity index (χ1v) is 8.41. The zero-order valence-corrected chi connectivity index (χ0v) is 15.2. The molecule has 1 amide bonds. The number of hydrogen-bond donors (Lipinski definition) is 2. The smallest absolute Gasteiger partial charge is 0.263 e. The Morgan fingerprint density at radius 1 is 1.04 bits per heavy atom. The zero-order valence-electron chi connectivity index (χ0n) is 15.2. The van der Waals surface area contributed by atoms with Crippen LogP contribution in [0.1, 0.15) is 37.1 Å². The second kappa shape index (κ2) is 9.28. The van der Waals surface area contributed by atoms with Crippen molar-refractivity contribution in [2.45, 2.75) is 25.9 Å². The summed E-state index contributed by atoms with van der Waals surface area (Å²) in [5.74, 6) is 0.340. The molecule has 2 unspecified atom stereocenters. The van der Waals surface area contributed by atoms with Gasteiger partial charge in [0.1, 0.15) is 17.4 Å². The van der Waals surface area contributed by atoms with Crippen molar-refractivity contribution < 1.29 is 9.53 Å². The Kier molecular flexibility index (Phi) is 6.81. The lowest BCUT2D eigenvalue weighted by molar-refractivity contribution is -0.117. The highest BCUT2D eigenvalue weighted by Crippen LogP contribution is 2.17. The van der Waals surface area contributed by atoms with Gasteiger partial charge in [-0.05, 0) is 37.1 Å². The number of rotatable bonds is 7. The highest BCUT2D eigenvalue weighted by Gasteiger charge is 2.14. The van der Waals surface area contributed by atoms with Gasteiger partial charge in [-0.15, -0.1) is 0 Å². The Morgan fingerprint density at radius 3 is 2.23 bits per heavy atom. The third-order valence-electron chi connectivity index (χ3n) is 4.11. The van der Waals surface area contributed by atoms with E-state index in [1.807, 2.05) is 74.5 Å². The van der Waals surface area contributed by atoms with Gasteiger partial charge in [-0.1, -0.05) is 42.5 Å². The third kappa shape index (κ3) is 5.12. The number of amides is 1. The molecular formula is C21H23N3O2. The lowest BCUT2D eigenvalue weighted by Gasteiger charge is -2.15. The van der Waals surface area contributed by atoms with Crippen LogP contribution >= 0.6 is 0 Å². The summed E-state index contributed by atoms with van der Waals surface area (Å²) in [6, 6.07) is 19.0. The van der Waals surface area contributed by atoms with E-state index in [9.17, 15) is 10.1 Å². The highest BCUT2D eigenvalue weighted by atomic mass is 16.5. The molecule has 0 saturated heterocycles. The molecule has 2 aromatic carbocycles. The second-order valence-electron chi connectivity index (χ2n) is 5.94. The van der Waals surface area contributed by atoms with Crippen molar-refractivity contribution in [3.05, 3.63) is 77.5 Å². The molecule has 5 heteroatoms. The van der Waals surface area contributed by atoms with Gasteiger partial charge in [0, 0.05) is 12.2 Å². The van der Waals surface area contributed by atoms with Gasteiger partial charge in [0.2, 0.25) is 0 Å². The molecule has 2 atom stereocenters. The largest absolute Gasteiger partial charge is 0.497 e. The van der Waals surface area contributed by atoms with Crippen LogP contribution in [0, 0.1) is 11.3 Å². The normalized spacial score (nSPS) is 13.2. The molecule has 2 N–H and O–H groups in total. The van der Waals surface area contributed by atoms with E-state index in [1.54, 1.807) is 7.11 Å². The second-order valence-corrected chi connectivity index (χ2v) is 5.94. The van der Waals surface area contributed by atoms with Gasteiger partial charge in [0.15, 0.2) is 0 Å². The maximum absolute atomic E-state index is 12.4. The number of benzene rings is 2. The monoisotopic (exact) mass is 349 g/mol. The van der Waals surface area contributed by atoms with Gasteiger partial charge in [0.25, 0.3) is 5.91 Å². The van der Waals surface area contributed by atoms with Crippen LogP contribution in [0.2, 0.25) is 0 Å². The van der Waals surface area contributed by atoms with Crippen molar-refractivity contribution in [2.75, 3.05) is 7.11 Å². The Bertz CT molecular complexity index is 792. The average Bonchev–Trinajstić information content (AvgIpc) is 2.69. The fourth-order valence-electron chi connectivity index (χ4n) is 2.45. The molecule has 0 spiro atoms. The number of ether oxygens (including phenoxy) is 1. The van der Waals surface area contributed by atoms with Gasteiger partial charge in [-0.25, -0.2) is 0 Å². The number of hydrogen-bond acceptors (Lipinski definition) is 4. The summed E-state index contributed by atoms with van der Waals surface area (Å²) >= 11 is 0.